The van der Waals surface area contributed by atoms with Gasteiger partial charge in [0.25, 0.3) is 5.91 Å². The maximum atomic E-state index is 13.5. The molecule has 5 rings (SSSR count). The van der Waals surface area contributed by atoms with Crippen LogP contribution < -0.4 is 10.2 Å². The lowest BCUT2D eigenvalue weighted by Gasteiger charge is -2.32. The third-order valence-electron chi connectivity index (χ3n) is 6.98. The molecule has 0 aliphatic carbocycles. The van der Waals surface area contributed by atoms with E-state index >= 15 is 0 Å². The van der Waals surface area contributed by atoms with E-state index in [2.05, 4.69) is 20.4 Å². The zero-order chi connectivity index (χ0) is 25.1. The monoisotopic (exact) mass is 491 g/mol. The highest BCUT2D eigenvalue weighted by molar-refractivity contribution is 5.94. The fourth-order valence-electron chi connectivity index (χ4n) is 5.00. The lowest BCUT2D eigenvalue weighted by Crippen LogP contribution is -2.38. The largest absolute Gasteiger partial charge is 0.354 e. The first-order valence-electron chi connectivity index (χ1n) is 12.1. The summed E-state index contributed by atoms with van der Waals surface area (Å²) in [5.41, 5.74) is 1.93. The fourth-order valence-corrected chi connectivity index (χ4v) is 5.00. The molecule has 0 radical (unpaired) electrons. The number of carbonyl (C=O) groups excluding carboxylic acids is 2. The van der Waals surface area contributed by atoms with Gasteiger partial charge in [-0.3, -0.25) is 9.59 Å². The smallest absolute Gasteiger partial charge is 0.254 e. The van der Waals surface area contributed by atoms with Gasteiger partial charge >= 0.3 is 0 Å². The highest BCUT2D eigenvalue weighted by atomic mass is 19.1. The Labute approximate surface area is 208 Å². The van der Waals surface area contributed by atoms with Crippen LogP contribution in [0.2, 0.25) is 0 Å². The molecule has 3 heterocycles. The summed E-state index contributed by atoms with van der Waals surface area (Å²) in [6, 6.07) is 14.5. The van der Waals surface area contributed by atoms with Crippen LogP contribution in [0.25, 0.3) is 0 Å². The molecule has 0 spiro atoms. The van der Waals surface area contributed by atoms with E-state index in [1.165, 1.54) is 0 Å². The lowest BCUT2D eigenvalue weighted by atomic mass is 9.89. The molecule has 2 fully saturated rings. The number of nitrogens with one attached hydrogen (secondary N) is 1. The van der Waals surface area contributed by atoms with E-state index in [4.69, 9.17) is 0 Å². The molecular formula is C27H27F2N5O2. The Morgan fingerprint density at radius 3 is 2.31 bits per heavy atom. The topological polar surface area (TPSA) is 78.4 Å². The Bertz CT molecular complexity index is 1210. The van der Waals surface area contributed by atoms with Crippen LogP contribution in [0, 0.1) is 17.6 Å². The van der Waals surface area contributed by atoms with E-state index < -0.39 is 11.6 Å². The first-order valence-corrected chi connectivity index (χ1v) is 12.1. The average molecular weight is 492 g/mol. The molecule has 2 aliphatic rings. The molecule has 7 nitrogen and oxygen atoms in total. The van der Waals surface area contributed by atoms with Gasteiger partial charge in [0.1, 0.15) is 11.6 Å². The van der Waals surface area contributed by atoms with E-state index in [1.54, 1.807) is 11.1 Å². The van der Waals surface area contributed by atoms with Crippen LogP contribution in [0.4, 0.5) is 20.3 Å². The summed E-state index contributed by atoms with van der Waals surface area (Å²) in [6.45, 7) is 2.42. The van der Waals surface area contributed by atoms with Crippen LogP contribution in [0.5, 0.6) is 0 Å². The van der Waals surface area contributed by atoms with Gasteiger partial charge in [-0.25, -0.2) is 8.78 Å². The second-order valence-electron chi connectivity index (χ2n) is 9.35. The van der Waals surface area contributed by atoms with Gasteiger partial charge in [-0.1, -0.05) is 12.1 Å². The van der Waals surface area contributed by atoms with E-state index in [-0.39, 0.29) is 29.2 Å². The minimum atomic E-state index is -0.754. The number of amides is 2. The molecule has 1 N–H and O–H groups in total. The number of benzene rings is 2. The van der Waals surface area contributed by atoms with Crippen LogP contribution in [0.15, 0.2) is 60.8 Å². The molecule has 36 heavy (non-hydrogen) atoms. The molecule has 9 heteroatoms. The molecule has 2 aliphatic heterocycles. The predicted molar refractivity (Wildman–Crippen MR) is 132 cm³/mol. The van der Waals surface area contributed by atoms with Gasteiger partial charge in [0, 0.05) is 49.7 Å². The molecule has 0 saturated carbocycles. The number of likely N-dealkylation sites (tertiary alicyclic amines) is 1. The third kappa shape index (κ3) is 5.35. The van der Waals surface area contributed by atoms with Gasteiger partial charge in [0.15, 0.2) is 5.82 Å². The Balaban J connectivity index is 1.13. The van der Waals surface area contributed by atoms with Crippen molar-refractivity contribution in [2.45, 2.75) is 25.2 Å². The van der Waals surface area contributed by atoms with E-state index in [0.717, 1.165) is 61.1 Å². The van der Waals surface area contributed by atoms with Gasteiger partial charge < -0.3 is 15.1 Å². The number of anilines is 2. The Morgan fingerprint density at radius 1 is 0.917 bits per heavy atom. The molecular weight excluding hydrogens is 464 g/mol. The van der Waals surface area contributed by atoms with E-state index in [9.17, 15) is 18.4 Å². The summed E-state index contributed by atoms with van der Waals surface area (Å²) in [5.74, 6) is -0.914. The van der Waals surface area contributed by atoms with Gasteiger partial charge in [-0.05, 0) is 67.1 Å². The van der Waals surface area contributed by atoms with Crippen LogP contribution in [0.1, 0.15) is 41.1 Å². The number of rotatable bonds is 5. The summed E-state index contributed by atoms with van der Waals surface area (Å²) in [7, 11) is 0. The summed E-state index contributed by atoms with van der Waals surface area (Å²) < 4.78 is 27.0. The zero-order valence-electron chi connectivity index (χ0n) is 19.7. The highest BCUT2D eigenvalue weighted by Crippen LogP contribution is 2.30. The maximum Gasteiger partial charge on any atom is 0.254 e. The van der Waals surface area contributed by atoms with Crippen molar-refractivity contribution in [1.82, 2.24) is 15.1 Å². The highest BCUT2D eigenvalue weighted by Gasteiger charge is 2.29. The van der Waals surface area contributed by atoms with Gasteiger partial charge in [-0.15, -0.1) is 5.10 Å². The van der Waals surface area contributed by atoms with Gasteiger partial charge in [0.2, 0.25) is 5.91 Å². The molecule has 2 aromatic carbocycles. The molecule has 1 aromatic heterocycles. The molecule has 1 atom stereocenters. The first kappa shape index (κ1) is 23.8. The summed E-state index contributed by atoms with van der Waals surface area (Å²) in [4.78, 5) is 29.1. The number of hydrogen-bond donors (Lipinski definition) is 1. The van der Waals surface area contributed by atoms with Crippen molar-refractivity contribution in [2.75, 3.05) is 36.4 Å². The zero-order valence-corrected chi connectivity index (χ0v) is 19.7. The quantitative estimate of drug-likeness (QED) is 0.578. The van der Waals surface area contributed by atoms with Crippen LogP contribution in [-0.2, 0) is 4.79 Å². The summed E-state index contributed by atoms with van der Waals surface area (Å²) in [5, 5.41) is 11.0. The summed E-state index contributed by atoms with van der Waals surface area (Å²) >= 11 is 0. The second-order valence-corrected chi connectivity index (χ2v) is 9.35. The molecule has 1 unspecified atom stereocenters. The number of hydrogen-bond acceptors (Lipinski definition) is 5. The van der Waals surface area contributed by atoms with Crippen molar-refractivity contribution in [1.29, 1.82) is 0 Å². The number of nitrogens with zero attached hydrogens (tertiary/aromatic N) is 4. The van der Waals surface area contributed by atoms with E-state index in [0.29, 0.717) is 19.6 Å². The number of carbonyl (C=O) groups is 2. The molecule has 3 aromatic rings. The van der Waals surface area contributed by atoms with Crippen molar-refractivity contribution < 1.29 is 18.4 Å². The normalized spacial score (nSPS) is 18.3. The van der Waals surface area contributed by atoms with Gasteiger partial charge in [-0.2, -0.15) is 5.10 Å². The van der Waals surface area contributed by atoms with Crippen molar-refractivity contribution >= 4 is 23.3 Å². The molecule has 2 amide bonds. The van der Waals surface area contributed by atoms with Crippen LogP contribution in [-0.4, -0.2) is 53.1 Å². The Kier molecular flexibility index (Phi) is 6.88. The van der Waals surface area contributed by atoms with Crippen LogP contribution in [0.3, 0.4) is 0 Å². The Hall–Kier alpha value is -3.88. The van der Waals surface area contributed by atoms with E-state index in [1.807, 2.05) is 36.4 Å². The van der Waals surface area contributed by atoms with Crippen molar-refractivity contribution in [2.24, 2.45) is 5.92 Å². The predicted octanol–water partition coefficient (Wildman–Crippen LogP) is 4.24. The Morgan fingerprint density at radius 2 is 1.64 bits per heavy atom. The number of aromatic nitrogens is 2. The molecule has 186 valence electrons. The minimum Gasteiger partial charge on any atom is -0.354 e. The third-order valence-corrected chi connectivity index (χ3v) is 6.98. The maximum absolute atomic E-state index is 13.5. The number of piperidine rings is 1. The molecule has 0 bridgehead atoms. The van der Waals surface area contributed by atoms with Gasteiger partial charge in [0.05, 0.1) is 5.92 Å². The minimum absolute atomic E-state index is 0.00486. The van der Waals surface area contributed by atoms with Crippen molar-refractivity contribution in [3.05, 3.63) is 83.6 Å². The average Bonchev–Trinajstić information content (AvgIpc) is 3.40. The standard InChI is InChI=1S/C27H27F2N5O2/c28-22-14-21(15-23(29)16-22)27(36)33-11-7-19(8-12-33)18-3-5-24(6-4-18)31-26(35)20-9-13-34(17-20)25-2-1-10-30-32-25/h1-6,10,14-16,19-20H,7-9,11-13,17H2,(H,31,35). The fraction of sp³-hybridized carbons (Fsp3) is 0.333. The van der Waals surface area contributed by atoms with Crippen LogP contribution >= 0.6 is 0 Å². The summed E-state index contributed by atoms with van der Waals surface area (Å²) in [6.07, 6.45) is 3.91. The second kappa shape index (κ2) is 10.4. The number of halogens is 2. The molecule has 2 saturated heterocycles. The SMILES string of the molecule is O=C(Nc1ccc(C2CCN(C(=O)c3cc(F)cc(F)c3)CC2)cc1)C1CCN(c2cccnn2)C1. The van der Waals surface area contributed by atoms with Crippen molar-refractivity contribution in [3.63, 3.8) is 0 Å². The lowest BCUT2D eigenvalue weighted by molar-refractivity contribution is -0.119. The first-order chi connectivity index (χ1) is 17.5. The van der Waals surface area contributed by atoms with Crippen molar-refractivity contribution in [3.8, 4) is 0 Å².